The Hall–Kier alpha value is -3.26. The first kappa shape index (κ1) is 18.1. The molecule has 0 aromatic heterocycles. The van der Waals surface area contributed by atoms with Crippen molar-refractivity contribution in [1.29, 1.82) is 0 Å². The van der Waals surface area contributed by atoms with Gasteiger partial charge in [0, 0.05) is 30.4 Å². The van der Waals surface area contributed by atoms with Crippen molar-refractivity contribution in [2.75, 3.05) is 7.11 Å². The lowest BCUT2D eigenvalue weighted by Crippen LogP contribution is -2.22. The van der Waals surface area contributed by atoms with Crippen LogP contribution >= 0.6 is 0 Å². The zero-order valence-electron chi connectivity index (χ0n) is 13.2. The van der Waals surface area contributed by atoms with E-state index in [0.29, 0.717) is 5.56 Å². The van der Waals surface area contributed by atoms with Crippen molar-refractivity contribution < 1.29 is 28.7 Å². The number of methoxy groups -OCH3 is 1. The summed E-state index contributed by atoms with van der Waals surface area (Å²) in [5.41, 5.74) is 0.693. The molecule has 2 rings (SSSR count). The third kappa shape index (κ3) is 4.61. The zero-order chi connectivity index (χ0) is 18.2. The van der Waals surface area contributed by atoms with Crippen LogP contribution in [0.2, 0.25) is 0 Å². The van der Waals surface area contributed by atoms with Crippen molar-refractivity contribution in [3.63, 3.8) is 0 Å². The van der Waals surface area contributed by atoms with E-state index in [0.717, 1.165) is 0 Å². The number of nitro groups is 1. The van der Waals surface area contributed by atoms with E-state index in [9.17, 15) is 19.7 Å². The van der Waals surface area contributed by atoms with Crippen molar-refractivity contribution in [3.8, 4) is 0 Å². The van der Waals surface area contributed by atoms with E-state index in [1.807, 2.05) is 0 Å². The van der Waals surface area contributed by atoms with Crippen LogP contribution in [-0.4, -0.2) is 24.5 Å². The Kier molecular flexibility index (Phi) is 6.19. The molecule has 0 fully saturated rings. The number of nitrogens with zero attached hydrogens (tertiary/aromatic N) is 1. The average Bonchev–Trinajstić information content (AvgIpc) is 2.64. The predicted octanol–water partition coefficient (Wildman–Crippen LogP) is 2.70. The summed E-state index contributed by atoms with van der Waals surface area (Å²) in [5.74, 6) is -0.864. The van der Waals surface area contributed by atoms with Gasteiger partial charge >= 0.3 is 5.97 Å². The van der Waals surface area contributed by atoms with Gasteiger partial charge in [0.1, 0.15) is 0 Å². The summed E-state index contributed by atoms with van der Waals surface area (Å²) in [6.45, 7) is 0.109. The van der Waals surface area contributed by atoms with Crippen LogP contribution in [0.25, 0.3) is 0 Å². The summed E-state index contributed by atoms with van der Waals surface area (Å²) < 4.78 is 15.2. The maximum Gasteiger partial charge on any atom is 0.354 e. The first-order chi connectivity index (χ1) is 12.1. The lowest BCUT2D eigenvalue weighted by molar-refractivity contribution is -0.384. The molecule has 8 nitrogen and oxygen atoms in total. The molecule has 0 saturated heterocycles. The topological polar surface area (TPSA) is 105 Å². The first-order valence-corrected chi connectivity index (χ1v) is 7.18. The number of non-ortho nitro benzene ring substituents is 1. The highest BCUT2D eigenvalue weighted by atomic mass is 16.7. The maximum atomic E-state index is 12.4. The molecule has 0 N–H and O–H groups in total. The second-order valence-corrected chi connectivity index (χ2v) is 4.88. The van der Waals surface area contributed by atoms with Gasteiger partial charge in [-0.25, -0.2) is 4.79 Å². The van der Waals surface area contributed by atoms with Crippen molar-refractivity contribution in [1.82, 2.24) is 0 Å². The van der Waals surface area contributed by atoms with E-state index in [-0.39, 0.29) is 17.7 Å². The van der Waals surface area contributed by atoms with Crippen molar-refractivity contribution >= 4 is 18.1 Å². The molecule has 0 bridgehead atoms. The zero-order valence-corrected chi connectivity index (χ0v) is 13.2. The minimum atomic E-state index is -1.36. The number of esters is 1. The monoisotopic (exact) mass is 345 g/mol. The fraction of sp³-hybridized carbons (Fsp3) is 0.176. The van der Waals surface area contributed by atoms with Crippen LogP contribution in [0.5, 0.6) is 0 Å². The Morgan fingerprint density at radius 2 is 1.72 bits per heavy atom. The van der Waals surface area contributed by atoms with E-state index < -0.39 is 23.3 Å². The van der Waals surface area contributed by atoms with Gasteiger partial charge in [-0.3, -0.25) is 14.9 Å². The lowest BCUT2D eigenvalue weighted by atomic mass is 10.1. The van der Waals surface area contributed by atoms with Crippen LogP contribution in [0, 0.1) is 10.1 Å². The molecule has 0 spiro atoms. The predicted molar refractivity (Wildman–Crippen MR) is 85.3 cm³/mol. The Bertz CT molecular complexity index is 730. The molecule has 0 aliphatic heterocycles. The number of nitro benzene ring substituents is 1. The van der Waals surface area contributed by atoms with Gasteiger partial charge in [0.05, 0.1) is 4.92 Å². The van der Waals surface area contributed by atoms with Crippen LogP contribution in [0.15, 0.2) is 54.6 Å². The number of rotatable bonds is 8. The molecular weight excluding hydrogens is 330 g/mol. The summed E-state index contributed by atoms with van der Waals surface area (Å²) in [5, 5.41) is 10.7. The van der Waals surface area contributed by atoms with Gasteiger partial charge in [0.2, 0.25) is 12.4 Å². The quantitative estimate of drug-likeness (QED) is 0.238. The summed E-state index contributed by atoms with van der Waals surface area (Å²) in [6, 6.07) is 13.8. The molecule has 0 radical (unpaired) electrons. The highest BCUT2D eigenvalue weighted by molar-refractivity contribution is 5.78. The molecular formula is C17H15NO7. The number of hydrogen-bond donors (Lipinski definition) is 0. The molecule has 0 saturated carbocycles. The van der Waals surface area contributed by atoms with Gasteiger partial charge < -0.3 is 14.2 Å². The largest absolute Gasteiger partial charge is 0.448 e. The minimum absolute atomic E-state index is 0.109. The standard InChI is InChI=1S/C17H15NO7/c1-23-17(13-5-3-2-4-6-13)25-16(20)15(24-11-19)12-7-9-14(10-8-12)18(21)22/h2-11,15,17H,1H3. The molecule has 0 amide bonds. The highest BCUT2D eigenvalue weighted by Crippen LogP contribution is 2.25. The number of benzene rings is 2. The minimum Gasteiger partial charge on any atom is -0.448 e. The molecule has 2 unspecified atom stereocenters. The second-order valence-electron chi connectivity index (χ2n) is 4.88. The SMILES string of the molecule is COC(OC(=O)C(OC=O)c1ccc([N+](=O)[O-])cc1)c1ccccc1. The van der Waals surface area contributed by atoms with Crippen molar-refractivity contribution in [2.45, 2.75) is 12.4 Å². The lowest BCUT2D eigenvalue weighted by Gasteiger charge is -2.20. The van der Waals surface area contributed by atoms with E-state index >= 15 is 0 Å². The van der Waals surface area contributed by atoms with Gasteiger partial charge in [0.15, 0.2) is 0 Å². The Balaban J connectivity index is 2.19. The molecule has 2 aromatic carbocycles. The Morgan fingerprint density at radius 3 is 2.24 bits per heavy atom. The average molecular weight is 345 g/mol. The van der Waals surface area contributed by atoms with Crippen LogP contribution in [-0.2, 0) is 23.8 Å². The van der Waals surface area contributed by atoms with E-state index in [4.69, 9.17) is 14.2 Å². The normalized spacial score (nSPS) is 12.7. The van der Waals surface area contributed by atoms with Gasteiger partial charge in [0.25, 0.3) is 12.2 Å². The van der Waals surface area contributed by atoms with E-state index in [1.165, 1.54) is 31.4 Å². The van der Waals surface area contributed by atoms with Crippen LogP contribution in [0.4, 0.5) is 5.69 Å². The molecule has 2 atom stereocenters. The van der Waals surface area contributed by atoms with Crippen LogP contribution in [0.3, 0.4) is 0 Å². The third-order valence-corrected chi connectivity index (χ3v) is 3.32. The van der Waals surface area contributed by atoms with Gasteiger partial charge in [-0.2, -0.15) is 0 Å². The molecule has 8 heteroatoms. The van der Waals surface area contributed by atoms with Crippen LogP contribution < -0.4 is 0 Å². The fourth-order valence-electron chi connectivity index (χ4n) is 2.13. The number of carbonyl (C=O) groups is 2. The summed E-state index contributed by atoms with van der Waals surface area (Å²) in [7, 11) is 1.37. The maximum absolute atomic E-state index is 12.4. The van der Waals surface area contributed by atoms with Crippen molar-refractivity contribution in [3.05, 3.63) is 75.8 Å². The molecule has 0 aliphatic rings. The van der Waals surface area contributed by atoms with Crippen molar-refractivity contribution in [2.24, 2.45) is 0 Å². The Labute approximate surface area is 143 Å². The number of hydrogen-bond acceptors (Lipinski definition) is 7. The van der Waals surface area contributed by atoms with Crippen LogP contribution in [0.1, 0.15) is 23.5 Å². The summed E-state index contributed by atoms with van der Waals surface area (Å²) in [6.07, 6.45) is -2.34. The summed E-state index contributed by atoms with van der Waals surface area (Å²) in [4.78, 5) is 33.2. The molecule has 25 heavy (non-hydrogen) atoms. The molecule has 0 heterocycles. The van der Waals surface area contributed by atoms with E-state index in [2.05, 4.69) is 0 Å². The molecule has 0 aliphatic carbocycles. The fourth-order valence-corrected chi connectivity index (χ4v) is 2.13. The van der Waals surface area contributed by atoms with Gasteiger partial charge in [-0.15, -0.1) is 0 Å². The van der Waals surface area contributed by atoms with Gasteiger partial charge in [-0.05, 0) is 12.1 Å². The number of carbonyl (C=O) groups excluding carboxylic acids is 2. The second kappa shape index (κ2) is 8.55. The Morgan fingerprint density at radius 1 is 1.08 bits per heavy atom. The third-order valence-electron chi connectivity index (χ3n) is 3.32. The van der Waals surface area contributed by atoms with E-state index in [1.54, 1.807) is 30.3 Å². The first-order valence-electron chi connectivity index (χ1n) is 7.18. The van der Waals surface area contributed by atoms with Gasteiger partial charge in [-0.1, -0.05) is 30.3 Å². The molecule has 130 valence electrons. The highest BCUT2D eigenvalue weighted by Gasteiger charge is 2.28. The smallest absolute Gasteiger partial charge is 0.354 e. The number of ether oxygens (including phenoxy) is 3. The molecule has 2 aromatic rings. The summed E-state index contributed by atoms with van der Waals surface area (Å²) >= 11 is 0.